The number of carbonyl (C=O) groups excluding carboxylic acids is 2. The Morgan fingerprint density at radius 1 is 1.09 bits per heavy atom. The smallest absolute Gasteiger partial charge is 0.315 e. The third-order valence-corrected chi connectivity index (χ3v) is 4.67. The standard InChI is InChI=1S/C14H25N3O4S/c1-2-13(18)15-8-5-3-4-6-9-16-14(19)17-12-7-10-22(20,21)11-12/h7,10,12H,2-6,8-9,11H2,1H3,(H,15,18)(H2,16,17,19). The van der Waals surface area contributed by atoms with Crippen molar-refractivity contribution in [2.24, 2.45) is 0 Å². The number of urea groups is 1. The lowest BCUT2D eigenvalue weighted by atomic mass is 10.2. The van der Waals surface area contributed by atoms with Gasteiger partial charge in [-0.15, -0.1) is 0 Å². The summed E-state index contributed by atoms with van der Waals surface area (Å²) in [5, 5.41) is 9.26. The third-order valence-electron chi connectivity index (χ3n) is 3.28. The normalized spacial score (nSPS) is 18.9. The lowest BCUT2D eigenvalue weighted by Gasteiger charge is -2.11. The third kappa shape index (κ3) is 8.02. The Kier molecular flexibility index (Phi) is 7.94. The molecule has 7 nitrogen and oxygen atoms in total. The number of hydrogen-bond acceptors (Lipinski definition) is 4. The van der Waals surface area contributed by atoms with Gasteiger partial charge >= 0.3 is 6.03 Å². The van der Waals surface area contributed by atoms with E-state index in [1.165, 1.54) is 6.08 Å². The van der Waals surface area contributed by atoms with Crippen LogP contribution in [0.5, 0.6) is 0 Å². The van der Waals surface area contributed by atoms with Crippen molar-refractivity contribution in [2.45, 2.75) is 45.1 Å². The maximum Gasteiger partial charge on any atom is 0.315 e. The van der Waals surface area contributed by atoms with Crippen LogP contribution in [0.3, 0.4) is 0 Å². The van der Waals surface area contributed by atoms with E-state index < -0.39 is 15.9 Å². The van der Waals surface area contributed by atoms with E-state index in [4.69, 9.17) is 0 Å². The van der Waals surface area contributed by atoms with E-state index >= 15 is 0 Å². The summed E-state index contributed by atoms with van der Waals surface area (Å²) in [4.78, 5) is 22.6. The number of sulfone groups is 1. The molecule has 0 bridgehead atoms. The number of amides is 3. The summed E-state index contributed by atoms with van der Waals surface area (Å²) in [5.74, 6) is 0.00509. The van der Waals surface area contributed by atoms with Crippen LogP contribution < -0.4 is 16.0 Å². The van der Waals surface area contributed by atoms with Gasteiger partial charge in [0, 0.05) is 24.9 Å². The van der Waals surface area contributed by atoms with Crippen LogP contribution in [0, 0.1) is 0 Å². The molecule has 3 amide bonds. The Labute approximate surface area is 131 Å². The molecular weight excluding hydrogens is 306 g/mol. The van der Waals surface area contributed by atoms with Crippen molar-refractivity contribution in [1.29, 1.82) is 0 Å². The lowest BCUT2D eigenvalue weighted by molar-refractivity contribution is -0.120. The zero-order valence-electron chi connectivity index (χ0n) is 12.9. The van der Waals surface area contributed by atoms with Gasteiger partial charge in [0.1, 0.15) is 0 Å². The second-order valence-electron chi connectivity index (χ2n) is 5.28. The molecule has 1 aliphatic heterocycles. The minimum atomic E-state index is -3.14. The molecule has 0 aromatic carbocycles. The molecule has 0 aliphatic carbocycles. The first-order valence-corrected chi connectivity index (χ1v) is 9.36. The molecule has 0 fully saturated rings. The van der Waals surface area contributed by atoms with Gasteiger partial charge in [0.15, 0.2) is 9.84 Å². The minimum absolute atomic E-state index is 0.0656. The van der Waals surface area contributed by atoms with Crippen LogP contribution in [0.25, 0.3) is 0 Å². The van der Waals surface area contributed by atoms with Gasteiger partial charge in [0.05, 0.1) is 11.8 Å². The highest BCUT2D eigenvalue weighted by Crippen LogP contribution is 2.07. The summed E-state index contributed by atoms with van der Waals surface area (Å²) in [6, 6.07) is -0.783. The first-order chi connectivity index (χ1) is 10.4. The molecule has 1 heterocycles. The molecule has 22 heavy (non-hydrogen) atoms. The Bertz CT molecular complexity index is 502. The molecule has 1 rings (SSSR count). The summed E-state index contributed by atoms with van der Waals surface area (Å²) in [7, 11) is -3.14. The van der Waals surface area contributed by atoms with Gasteiger partial charge in [-0.1, -0.05) is 19.8 Å². The van der Waals surface area contributed by atoms with E-state index in [0.717, 1.165) is 31.1 Å². The van der Waals surface area contributed by atoms with E-state index in [1.54, 1.807) is 0 Å². The van der Waals surface area contributed by atoms with E-state index in [-0.39, 0.29) is 17.7 Å². The van der Waals surface area contributed by atoms with Gasteiger partial charge in [0.2, 0.25) is 5.91 Å². The van der Waals surface area contributed by atoms with Crippen molar-refractivity contribution in [3.63, 3.8) is 0 Å². The van der Waals surface area contributed by atoms with Crippen LogP contribution in [0.4, 0.5) is 4.79 Å². The Hall–Kier alpha value is -1.57. The monoisotopic (exact) mass is 331 g/mol. The molecule has 0 aromatic heterocycles. The van der Waals surface area contributed by atoms with Crippen molar-refractivity contribution in [1.82, 2.24) is 16.0 Å². The van der Waals surface area contributed by atoms with Gasteiger partial charge in [-0.25, -0.2) is 13.2 Å². The van der Waals surface area contributed by atoms with Crippen LogP contribution in [0.2, 0.25) is 0 Å². The number of rotatable bonds is 9. The summed E-state index contributed by atoms with van der Waals surface area (Å²) >= 11 is 0. The minimum Gasteiger partial charge on any atom is -0.356 e. The zero-order valence-corrected chi connectivity index (χ0v) is 13.7. The maximum absolute atomic E-state index is 11.6. The summed E-state index contributed by atoms with van der Waals surface area (Å²) < 4.78 is 22.4. The van der Waals surface area contributed by atoms with Crippen LogP contribution >= 0.6 is 0 Å². The highest BCUT2D eigenvalue weighted by molar-refractivity contribution is 7.94. The van der Waals surface area contributed by atoms with Gasteiger partial charge in [-0.3, -0.25) is 4.79 Å². The van der Waals surface area contributed by atoms with Crippen LogP contribution in [-0.2, 0) is 14.6 Å². The van der Waals surface area contributed by atoms with Crippen molar-refractivity contribution in [3.8, 4) is 0 Å². The van der Waals surface area contributed by atoms with E-state index in [0.29, 0.717) is 19.5 Å². The number of hydrogen-bond donors (Lipinski definition) is 3. The lowest BCUT2D eigenvalue weighted by Crippen LogP contribution is -2.42. The molecule has 0 saturated heterocycles. The molecule has 1 unspecified atom stereocenters. The molecule has 0 spiro atoms. The number of unbranched alkanes of at least 4 members (excludes halogenated alkanes) is 3. The van der Waals surface area contributed by atoms with Crippen molar-refractivity contribution in [3.05, 3.63) is 11.5 Å². The van der Waals surface area contributed by atoms with Crippen molar-refractivity contribution in [2.75, 3.05) is 18.8 Å². The molecule has 1 aliphatic rings. The Morgan fingerprint density at radius 3 is 2.27 bits per heavy atom. The summed E-state index contributed by atoms with van der Waals surface area (Å²) in [5.41, 5.74) is 0. The fourth-order valence-corrected chi connectivity index (χ4v) is 3.28. The largest absolute Gasteiger partial charge is 0.356 e. The highest BCUT2D eigenvalue weighted by atomic mass is 32.2. The predicted molar refractivity (Wildman–Crippen MR) is 85.0 cm³/mol. The van der Waals surface area contributed by atoms with Gasteiger partial charge in [0.25, 0.3) is 0 Å². The highest BCUT2D eigenvalue weighted by Gasteiger charge is 2.22. The van der Waals surface area contributed by atoms with E-state index in [1.807, 2.05) is 6.92 Å². The molecule has 8 heteroatoms. The molecule has 126 valence electrons. The zero-order chi connectivity index (χ0) is 16.4. The number of nitrogens with one attached hydrogen (secondary N) is 3. The average Bonchev–Trinajstić information content (AvgIpc) is 2.80. The van der Waals surface area contributed by atoms with Crippen molar-refractivity contribution >= 4 is 21.8 Å². The average molecular weight is 331 g/mol. The van der Waals surface area contributed by atoms with Gasteiger partial charge in [-0.05, 0) is 18.9 Å². The molecule has 0 radical (unpaired) electrons. The topological polar surface area (TPSA) is 104 Å². The first kappa shape index (κ1) is 18.5. The van der Waals surface area contributed by atoms with Crippen LogP contribution in [0.1, 0.15) is 39.0 Å². The number of carbonyl (C=O) groups is 2. The van der Waals surface area contributed by atoms with E-state index in [9.17, 15) is 18.0 Å². The maximum atomic E-state index is 11.6. The Morgan fingerprint density at radius 2 is 1.73 bits per heavy atom. The second kappa shape index (κ2) is 9.45. The van der Waals surface area contributed by atoms with Crippen molar-refractivity contribution < 1.29 is 18.0 Å². The summed E-state index contributed by atoms with van der Waals surface area (Å²) in [6.45, 7) is 3.07. The molecule has 1 atom stereocenters. The fraction of sp³-hybridized carbons (Fsp3) is 0.714. The molecular formula is C14H25N3O4S. The molecule has 3 N–H and O–H groups in total. The molecule has 0 saturated carbocycles. The second-order valence-corrected chi connectivity index (χ2v) is 7.21. The van der Waals surface area contributed by atoms with Crippen LogP contribution in [0.15, 0.2) is 11.5 Å². The first-order valence-electron chi connectivity index (χ1n) is 7.65. The fourth-order valence-electron chi connectivity index (χ4n) is 2.04. The predicted octanol–water partition coefficient (Wildman–Crippen LogP) is 0.683. The van der Waals surface area contributed by atoms with E-state index in [2.05, 4.69) is 16.0 Å². The van der Waals surface area contributed by atoms with Gasteiger partial charge in [-0.2, -0.15) is 0 Å². The Balaban J connectivity index is 1.95. The van der Waals surface area contributed by atoms with Gasteiger partial charge < -0.3 is 16.0 Å². The molecule has 0 aromatic rings. The summed E-state index contributed by atoms with van der Waals surface area (Å²) in [6.07, 6.45) is 5.75. The van der Waals surface area contributed by atoms with Crippen LogP contribution in [-0.4, -0.2) is 45.2 Å². The SMILES string of the molecule is CCC(=O)NCCCCCCNC(=O)NC1C=CS(=O)(=O)C1. The quantitative estimate of drug-likeness (QED) is 0.540.